The van der Waals surface area contributed by atoms with Gasteiger partial charge in [0.05, 0.1) is 0 Å². The third-order valence-electron chi connectivity index (χ3n) is 0.454. The molecule has 0 radical (unpaired) electrons. The van der Waals surface area contributed by atoms with Gasteiger partial charge in [0.15, 0.2) is 0 Å². The zero-order chi connectivity index (χ0) is 4.99. The van der Waals surface area contributed by atoms with Gasteiger partial charge in [-0.3, -0.25) is 0 Å². The van der Waals surface area contributed by atoms with Gasteiger partial charge >= 0.3 is 25.8 Å². The van der Waals surface area contributed by atoms with Crippen LogP contribution in [0.1, 0.15) is 19.8 Å². The van der Waals surface area contributed by atoms with Crippen molar-refractivity contribution in [2.45, 2.75) is 19.8 Å². The van der Waals surface area contributed by atoms with Crippen LogP contribution in [-0.2, 0) is 4.79 Å². The molecule has 52 valence electrons. The standard InChI is InChI=1S/C4H8O2.In.2H2O/c1-2-3-4(5)6;;;/h2-3H2,1H3,(H,5,6);;2*1H2/q;+3;;/p-3. The van der Waals surface area contributed by atoms with E-state index >= 15 is 0 Å². The molecule has 4 nitrogen and oxygen atoms in total. The van der Waals surface area contributed by atoms with E-state index in [-0.39, 0.29) is 43.2 Å². The Balaban J connectivity index is -0.0000000417. The molecule has 0 rings (SSSR count). The first-order valence-corrected chi connectivity index (χ1v) is 1.97. The quantitative estimate of drug-likeness (QED) is 0.600. The molecule has 0 atom stereocenters. The van der Waals surface area contributed by atoms with Crippen molar-refractivity contribution in [2.24, 2.45) is 0 Å². The van der Waals surface area contributed by atoms with Crippen LogP contribution in [0.4, 0.5) is 0 Å². The molecular weight excluding hydrogens is 227 g/mol. The normalized spacial score (nSPS) is 5.44. The molecule has 0 aromatic rings. The van der Waals surface area contributed by atoms with Gasteiger partial charge < -0.3 is 20.9 Å². The minimum Gasteiger partial charge on any atom is -0.870 e. The minimum atomic E-state index is -0.961. The molecule has 0 amide bonds. The van der Waals surface area contributed by atoms with Crippen LogP contribution < -0.4 is 5.11 Å². The first-order chi connectivity index (χ1) is 2.77. The predicted molar refractivity (Wildman–Crippen MR) is 29.5 cm³/mol. The monoisotopic (exact) mass is 236 g/mol. The van der Waals surface area contributed by atoms with Crippen molar-refractivity contribution in [1.82, 2.24) is 0 Å². The van der Waals surface area contributed by atoms with Gasteiger partial charge in [-0.25, -0.2) is 0 Å². The van der Waals surface area contributed by atoms with Gasteiger partial charge in [0.1, 0.15) is 0 Å². The third kappa shape index (κ3) is 30.5. The zero-order valence-electron chi connectivity index (χ0n) is 5.20. The summed E-state index contributed by atoms with van der Waals surface area (Å²) in [5.41, 5.74) is 0. The Hall–Kier alpha value is 0.260. The van der Waals surface area contributed by atoms with Crippen molar-refractivity contribution in [3.05, 3.63) is 0 Å². The second-order valence-electron chi connectivity index (χ2n) is 1.12. The van der Waals surface area contributed by atoms with Gasteiger partial charge in [0, 0.05) is 5.97 Å². The summed E-state index contributed by atoms with van der Waals surface area (Å²) >= 11 is 0. The molecule has 2 N–H and O–H groups in total. The summed E-state index contributed by atoms with van der Waals surface area (Å²) in [7, 11) is 0. The molecule has 0 saturated carbocycles. The van der Waals surface area contributed by atoms with Crippen LogP contribution in [0.15, 0.2) is 0 Å². The fraction of sp³-hybridized carbons (Fsp3) is 0.750. The second-order valence-corrected chi connectivity index (χ2v) is 1.12. The Morgan fingerprint density at radius 1 is 1.44 bits per heavy atom. The van der Waals surface area contributed by atoms with Crippen molar-refractivity contribution in [2.75, 3.05) is 0 Å². The number of carbonyl (C=O) groups excluding carboxylic acids is 1. The van der Waals surface area contributed by atoms with Gasteiger partial charge in [0.2, 0.25) is 0 Å². The molecule has 0 fully saturated rings. The number of carboxylic acid groups (broad SMARTS) is 1. The van der Waals surface area contributed by atoms with Crippen LogP contribution in [0.25, 0.3) is 0 Å². The SMILES string of the molecule is CCCC(=O)[O-].[In+3].[OH-].[OH-]. The Morgan fingerprint density at radius 2 is 1.78 bits per heavy atom. The number of carbonyl (C=O) groups is 1. The maximum absolute atomic E-state index is 9.49. The maximum Gasteiger partial charge on any atom is 3.00 e. The van der Waals surface area contributed by atoms with Gasteiger partial charge in [-0.05, 0) is 6.42 Å². The van der Waals surface area contributed by atoms with Crippen LogP contribution in [0.2, 0.25) is 0 Å². The topological polar surface area (TPSA) is 100 Å². The van der Waals surface area contributed by atoms with Crippen molar-refractivity contribution in [1.29, 1.82) is 0 Å². The molecule has 0 bridgehead atoms. The molecule has 0 unspecified atom stereocenters. The summed E-state index contributed by atoms with van der Waals surface area (Å²) in [5, 5.41) is 9.49. The Kier molecular flexibility index (Phi) is 39.9. The number of hydrogen-bond acceptors (Lipinski definition) is 4. The van der Waals surface area contributed by atoms with Crippen molar-refractivity contribution >= 4 is 31.8 Å². The van der Waals surface area contributed by atoms with E-state index in [0.717, 1.165) is 0 Å². The number of hydrogen-bond donors (Lipinski definition) is 0. The molecule has 0 aliphatic heterocycles. The van der Waals surface area contributed by atoms with Gasteiger partial charge in [0.25, 0.3) is 0 Å². The van der Waals surface area contributed by atoms with E-state index in [2.05, 4.69) is 0 Å². The average molecular weight is 236 g/mol. The number of carboxylic acids is 1. The second kappa shape index (κ2) is 15.7. The molecular formula is C4H9InO4. The Labute approximate surface area is 72.7 Å². The van der Waals surface area contributed by atoms with E-state index in [1.807, 2.05) is 0 Å². The molecule has 0 heterocycles. The molecule has 0 aromatic carbocycles. The third-order valence-corrected chi connectivity index (χ3v) is 0.454. The van der Waals surface area contributed by atoms with E-state index in [1.165, 1.54) is 0 Å². The molecule has 0 spiro atoms. The molecule has 0 aliphatic carbocycles. The largest absolute Gasteiger partial charge is 3.00 e. The summed E-state index contributed by atoms with van der Waals surface area (Å²) in [4.78, 5) is 9.49. The van der Waals surface area contributed by atoms with Crippen molar-refractivity contribution in [3.8, 4) is 0 Å². The molecule has 9 heavy (non-hydrogen) atoms. The van der Waals surface area contributed by atoms with Crippen molar-refractivity contribution < 1.29 is 20.9 Å². The molecule has 0 aromatic heterocycles. The molecule has 0 saturated heterocycles. The van der Waals surface area contributed by atoms with E-state index < -0.39 is 5.97 Å². The zero-order valence-corrected chi connectivity index (χ0v) is 8.50. The van der Waals surface area contributed by atoms with Crippen LogP contribution in [-0.4, -0.2) is 42.8 Å². The number of aliphatic carboxylic acids is 1. The van der Waals surface area contributed by atoms with Gasteiger partial charge in [-0.2, -0.15) is 0 Å². The van der Waals surface area contributed by atoms with E-state index in [0.29, 0.717) is 6.42 Å². The van der Waals surface area contributed by atoms with E-state index in [9.17, 15) is 9.90 Å². The van der Waals surface area contributed by atoms with E-state index in [1.54, 1.807) is 6.92 Å². The first-order valence-electron chi connectivity index (χ1n) is 1.97. The minimum absolute atomic E-state index is 0. The fourth-order valence-corrected chi connectivity index (χ4v) is 0.204. The summed E-state index contributed by atoms with van der Waals surface area (Å²) in [6, 6.07) is 0. The predicted octanol–water partition coefficient (Wildman–Crippen LogP) is -1.20. The average Bonchev–Trinajstić information content (AvgIpc) is 1.35. The van der Waals surface area contributed by atoms with E-state index in [4.69, 9.17) is 0 Å². The van der Waals surface area contributed by atoms with Crippen LogP contribution in [0.3, 0.4) is 0 Å². The van der Waals surface area contributed by atoms with Gasteiger partial charge in [-0.15, -0.1) is 0 Å². The summed E-state index contributed by atoms with van der Waals surface area (Å²) in [6.45, 7) is 1.80. The Bertz CT molecular complexity index is 56.5. The summed E-state index contributed by atoms with van der Waals surface area (Å²) in [5.74, 6) is -0.961. The van der Waals surface area contributed by atoms with Gasteiger partial charge in [-0.1, -0.05) is 13.3 Å². The first kappa shape index (κ1) is 22.8. The fourth-order valence-electron chi connectivity index (χ4n) is 0.204. The van der Waals surface area contributed by atoms with Crippen LogP contribution in [0.5, 0.6) is 0 Å². The summed E-state index contributed by atoms with van der Waals surface area (Å²) in [6.07, 6.45) is 0.850. The van der Waals surface area contributed by atoms with Crippen molar-refractivity contribution in [3.63, 3.8) is 0 Å². The molecule has 0 aliphatic rings. The molecule has 5 heteroatoms. The maximum atomic E-state index is 9.49. The summed E-state index contributed by atoms with van der Waals surface area (Å²) < 4.78 is 0. The Morgan fingerprint density at radius 3 is 1.78 bits per heavy atom. The van der Waals surface area contributed by atoms with Crippen LogP contribution in [0, 0.1) is 0 Å². The smallest absolute Gasteiger partial charge is 0.870 e. The van der Waals surface area contributed by atoms with Crippen LogP contribution >= 0.6 is 0 Å². The number of rotatable bonds is 2.